The zero-order valence-corrected chi connectivity index (χ0v) is 11.7. The summed E-state index contributed by atoms with van der Waals surface area (Å²) in [5.74, 6) is -1.40. The Morgan fingerprint density at radius 1 is 1.18 bits per heavy atom. The Morgan fingerprint density at radius 2 is 1.86 bits per heavy atom. The topological polar surface area (TPSA) is 49.3 Å². The highest BCUT2D eigenvalue weighted by molar-refractivity contribution is 5.94. The zero-order valence-electron chi connectivity index (χ0n) is 11.7. The van der Waals surface area contributed by atoms with E-state index in [1.165, 1.54) is 0 Å². The first-order valence-corrected chi connectivity index (χ1v) is 6.52. The van der Waals surface area contributed by atoms with Crippen LogP contribution in [0, 0.1) is 6.92 Å². The molecular weight excluding hydrogens is 295 g/mol. The number of rotatable bonds is 4. The summed E-state index contributed by atoms with van der Waals surface area (Å²) in [6.07, 6.45) is -4.57. The van der Waals surface area contributed by atoms with Crippen LogP contribution in [0.1, 0.15) is 27.0 Å². The molecule has 0 aromatic heterocycles. The minimum absolute atomic E-state index is 0.156. The van der Waals surface area contributed by atoms with Crippen molar-refractivity contribution in [3.8, 4) is 0 Å². The molecule has 0 spiro atoms. The van der Waals surface area contributed by atoms with Gasteiger partial charge in [-0.15, -0.1) is 0 Å². The Balaban J connectivity index is 2.27. The molecule has 0 radical (unpaired) electrons. The summed E-state index contributed by atoms with van der Waals surface area (Å²) in [6, 6.07) is 10.1. The number of carboxylic acid groups (broad SMARTS) is 1. The molecule has 3 nitrogen and oxygen atoms in total. The molecule has 0 aliphatic heterocycles. The standard InChI is InChI=1S/C16H14F3NO2/c1-10-4-2-3-5-11(10)9-20-14-7-6-12(16(17,18)19)8-13(14)15(21)22/h2-8,20H,9H2,1H3,(H,21,22). The summed E-state index contributed by atoms with van der Waals surface area (Å²) in [7, 11) is 0. The highest BCUT2D eigenvalue weighted by Gasteiger charge is 2.31. The number of aryl methyl sites for hydroxylation is 1. The Bertz CT molecular complexity index is 696. The molecule has 0 heterocycles. The lowest BCUT2D eigenvalue weighted by Crippen LogP contribution is -2.11. The molecule has 6 heteroatoms. The van der Waals surface area contributed by atoms with Gasteiger partial charge in [0.25, 0.3) is 0 Å². The number of hydrogen-bond acceptors (Lipinski definition) is 2. The molecule has 0 bridgehead atoms. The van der Waals surface area contributed by atoms with Crippen LogP contribution in [0.4, 0.5) is 18.9 Å². The summed E-state index contributed by atoms with van der Waals surface area (Å²) < 4.78 is 38.0. The lowest BCUT2D eigenvalue weighted by molar-refractivity contribution is -0.137. The Morgan fingerprint density at radius 3 is 2.45 bits per heavy atom. The predicted molar refractivity (Wildman–Crippen MR) is 76.9 cm³/mol. The number of aromatic carboxylic acids is 1. The molecule has 0 saturated heterocycles. The zero-order chi connectivity index (χ0) is 16.3. The summed E-state index contributed by atoms with van der Waals surface area (Å²) in [5.41, 5.74) is 0.732. The van der Waals surface area contributed by atoms with E-state index < -0.39 is 23.3 Å². The Labute approximate surface area is 125 Å². The summed E-state index contributed by atoms with van der Waals surface area (Å²) in [4.78, 5) is 11.2. The van der Waals surface area contributed by atoms with Gasteiger partial charge in [-0.05, 0) is 36.2 Å². The van der Waals surface area contributed by atoms with E-state index in [9.17, 15) is 18.0 Å². The molecule has 2 rings (SSSR count). The number of halogens is 3. The second-order valence-corrected chi connectivity index (χ2v) is 4.84. The highest BCUT2D eigenvalue weighted by Crippen LogP contribution is 2.32. The minimum atomic E-state index is -4.57. The molecule has 0 atom stereocenters. The summed E-state index contributed by atoms with van der Waals surface area (Å²) in [6.45, 7) is 2.24. The van der Waals surface area contributed by atoms with E-state index in [-0.39, 0.29) is 5.69 Å². The predicted octanol–water partition coefficient (Wildman–Crippen LogP) is 4.32. The van der Waals surface area contributed by atoms with Gasteiger partial charge in [0.15, 0.2) is 0 Å². The molecule has 0 saturated carbocycles. The number of benzene rings is 2. The summed E-state index contributed by atoms with van der Waals surface area (Å²) >= 11 is 0. The molecule has 0 amide bonds. The first kappa shape index (κ1) is 15.9. The molecule has 0 aliphatic carbocycles. The van der Waals surface area contributed by atoms with Crippen LogP contribution in [0.2, 0.25) is 0 Å². The number of alkyl halides is 3. The van der Waals surface area contributed by atoms with Gasteiger partial charge >= 0.3 is 12.1 Å². The largest absolute Gasteiger partial charge is 0.478 e. The van der Waals surface area contributed by atoms with Crippen molar-refractivity contribution in [2.45, 2.75) is 19.6 Å². The third-order valence-electron chi connectivity index (χ3n) is 3.31. The van der Waals surface area contributed by atoms with Crippen molar-refractivity contribution in [2.24, 2.45) is 0 Å². The first-order valence-electron chi connectivity index (χ1n) is 6.52. The van der Waals surface area contributed by atoms with Crippen molar-refractivity contribution < 1.29 is 23.1 Å². The second-order valence-electron chi connectivity index (χ2n) is 4.84. The molecule has 0 aliphatic rings. The third-order valence-corrected chi connectivity index (χ3v) is 3.31. The van der Waals surface area contributed by atoms with Gasteiger partial charge in [-0.3, -0.25) is 0 Å². The molecule has 2 N–H and O–H groups in total. The number of carboxylic acids is 1. The molecule has 116 valence electrons. The van der Waals surface area contributed by atoms with Crippen LogP contribution in [0.5, 0.6) is 0 Å². The lowest BCUT2D eigenvalue weighted by Gasteiger charge is -2.14. The van der Waals surface area contributed by atoms with Gasteiger partial charge in [-0.1, -0.05) is 24.3 Å². The molecule has 0 unspecified atom stereocenters. The smallest absolute Gasteiger partial charge is 0.416 e. The monoisotopic (exact) mass is 309 g/mol. The lowest BCUT2D eigenvalue weighted by atomic mass is 10.1. The first-order chi connectivity index (χ1) is 10.3. The van der Waals surface area contributed by atoms with Crippen LogP contribution in [-0.4, -0.2) is 11.1 Å². The van der Waals surface area contributed by atoms with E-state index in [1.54, 1.807) is 0 Å². The maximum absolute atomic E-state index is 12.7. The van der Waals surface area contributed by atoms with Crippen molar-refractivity contribution in [1.29, 1.82) is 0 Å². The average Bonchev–Trinajstić information content (AvgIpc) is 2.45. The van der Waals surface area contributed by atoms with Gasteiger partial charge in [-0.25, -0.2) is 4.79 Å². The van der Waals surface area contributed by atoms with Gasteiger partial charge in [0.2, 0.25) is 0 Å². The fraction of sp³-hybridized carbons (Fsp3) is 0.188. The second kappa shape index (κ2) is 6.09. The fourth-order valence-electron chi connectivity index (χ4n) is 2.05. The number of carbonyl (C=O) groups is 1. The van der Waals surface area contributed by atoms with E-state index in [4.69, 9.17) is 5.11 Å². The highest BCUT2D eigenvalue weighted by atomic mass is 19.4. The number of hydrogen-bond donors (Lipinski definition) is 2. The minimum Gasteiger partial charge on any atom is -0.478 e. The van der Waals surface area contributed by atoms with Gasteiger partial charge in [0.05, 0.1) is 11.1 Å². The van der Waals surface area contributed by atoms with Crippen molar-refractivity contribution in [3.63, 3.8) is 0 Å². The maximum atomic E-state index is 12.7. The van der Waals surface area contributed by atoms with Gasteiger partial charge in [-0.2, -0.15) is 13.2 Å². The van der Waals surface area contributed by atoms with Crippen molar-refractivity contribution in [3.05, 3.63) is 64.7 Å². The number of anilines is 1. The van der Waals surface area contributed by atoms with Crippen LogP contribution >= 0.6 is 0 Å². The van der Waals surface area contributed by atoms with Crippen LogP contribution in [0.3, 0.4) is 0 Å². The SMILES string of the molecule is Cc1ccccc1CNc1ccc(C(F)(F)F)cc1C(=O)O. The van der Waals surface area contributed by atoms with Crippen molar-refractivity contribution >= 4 is 11.7 Å². The molecule has 2 aromatic carbocycles. The van der Waals surface area contributed by atoms with Crippen LogP contribution < -0.4 is 5.32 Å². The van der Waals surface area contributed by atoms with E-state index in [1.807, 2.05) is 31.2 Å². The normalized spacial score (nSPS) is 11.3. The maximum Gasteiger partial charge on any atom is 0.416 e. The van der Waals surface area contributed by atoms with Crippen LogP contribution in [0.15, 0.2) is 42.5 Å². The van der Waals surface area contributed by atoms with E-state index in [0.717, 1.165) is 23.3 Å². The third kappa shape index (κ3) is 3.58. The van der Waals surface area contributed by atoms with Crippen LogP contribution in [-0.2, 0) is 12.7 Å². The number of nitrogens with one attached hydrogen (secondary N) is 1. The molecular formula is C16H14F3NO2. The van der Waals surface area contributed by atoms with E-state index in [0.29, 0.717) is 12.6 Å². The van der Waals surface area contributed by atoms with Crippen LogP contribution in [0.25, 0.3) is 0 Å². The van der Waals surface area contributed by atoms with Gasteiger partial charge in [0.1, 0.15) is 0 Å². The Kier molecular flexibility index (Phi) is 4.40. The van der Waals surface area contributed by atoms with Gasteiger partial charge < -0.3 is 10.4 Å². The quantitative estimate of drug-likeness (QED) is 0.884. The van der Waals surface area contributed by atoms with Crippen molar-refractivity contribution in [2.75, 3.05) is 5.32 Å². The molecule has 0 fully saturated rings. The van der Waals surface area contributed by atoms with Crippen molar-refractivity contribution in [1.82, 2.24) is 0 Å². The average molecular weight is 309 g/mol. The summed E-state index contributed by atoms with van der Waals surface area (Å²) in [5, 5.41) is 12.0. The Hall–Kier alpha value is -2.50. The molecule has 2 aromatic rings. The fourth-order valence-corrected chi connectivity index (χ4v) is 2.05. The molecule has 22 heavy (non-hydrogen) atoms. The van der Waals surface area contributed by atoms with E-state index in [2.05, 4.69) is 5.32 Å². The van der Waals surface area contributed by atoms with E-state index >= 15 is 0 Å². The van der Waals surface area contributed by atoms with Gasteiger partial charge in [0, 0.05) is 12.2 Å².